The average molecular weight is 297 g/mol. The molecule has 2 unspecified atom stereocenters. The van der Waals surface area contributed by atoms with Crippen LogP contribution >= 0.6 is 0 Å². The number of allylic oxidation sites excluding steroid dienone is 1. The van der Waals surface area contributed by atoms with Crippen LogP contribution in [0, 0.1) is 11.8 Å². The summed E-state index contributed by atoms with van der Waals surface area (Å²) in [5.74, 6) is 0.933. The SMILES string of the molecule is CC1C=C(C2OCCO2)CC(O/C(N)=C(/CO)C(C)C)C1. The van der Waals surface area contributed by atoms with Gasteiger partial charge in [-0.05, 0) is 23.8 Å². The second-order valence-corrected chi connectivity index (χ2v) is 6.17. The van der Waals surface area contributed by atoms with Gasteiger partial charge in [-0.2, -0.15) is 0 Å². The molecule has 1 heterocycles. The predicted molar refractivity (Wildman–Crippen MR) is 80.2 cm³/mol. The monoisotopic (exact) mass is 297 g/mol. The van der Waals surface area contributed by atoms with Gasteiger partial charge in [0.15, 0.2) is 12.2 Å². The molecule has 5 heteroatoms. The van der Waals surface area contributed by atoms with Crippen molar-refractivity contribution in [2.75, 3.05) is 19.8 Å². The fourth-order valence-electron chi connectivity index (χ4n) is 2.90. The van der Waals surface area contributed by atoms with Crippen LogP contribution in [0.15, 0.2) is 23.1 Å². The zero-order valence-electron chi connectivity index (χ0n) is 13.2. The highest BCUT2D eigenvalue weighted by molar-refractivity contribution is 5.15. The van der Waals surface area contributed by atoms with Gasteiger partial charge in [-0.15, -0.1) is 0 Å². The van der Waals surface area contributed by atoms with E-state index in [9.17, 15) is 5.11 Å². The Bertz CT molecular complexity index is 411. The van der Waals surface area contributed by atoms with Gasteiger partial charge in [-0.3, -0.25) is 0 Å². The third kappa shape index (κ3) is 4.22. The van der Waals surface area contributed by atoms with E-state index >= 15 is 0 Å². The summed E-state index contributed by atoms with van der Waals surface area (Å²) >= 11 is 0. The molecule has 21 heavy (non-hydrogen) atoms. The molecule has 0 aromatic heterocycles. The van der Waals surface area contributed by atoms with Crippen LogP contribution in [0.1, 0.15) is 33.6 Å². The molecule has 1 aliphatic carbocycles. The molecule has 2 aliphatic rings. The molecule has 0 bridgehead atoms. The maximum atomic E-state index is 9.40. The molecule has 1 saturated heterocycles. The van der Waals surface area contributed by atoms with Crippen LogP contribution in [-0.2, 0) is 14.2 Å². The summed E-state index contributed by atoms with van der Waals surface area (Å²) in [4.78, 5) is 0. The van der Waals surface area contributed by atoms with E-state index in [1.54, 1.807) is 0 Å². The molecule has 2 rings (SSSR count). The zero-order valence-corrected chi connectivity index (χ0v) is 13.2. The molecule has 5 nitrogen and oxygen atoms in total. The van der Waals surface area contributed by atoms with E-state index in [0.29, 0.717) is 25.0 Å². The topological polar surface area (TPSA) is 73.9 Å². The summed E-state index contributed by atoms with van der Waals surface area (Å²) in [6, 6.07) is 0. The Morgan fingerprint density at radius 1 is 1.43 bits per heavy atom. The van der Waals surface area contributed by atoms with Crippen LogP contribution in [0.4, 0.5) is 0 Å². The van der Waals surface area contributed by atoms with Crippen molar-refractivity contribution >= 4 is 0 Å². The minimum absolute atomic E-state index is 0.00750. The third-order valence-electron chi connectivity index (χ3n) is 4.00. The maximum Gasteiger partial charge on any atom is 0.186 e. The number of hydrogen-bond acceptors (Lipinski definition) is 5. The van der Waals surface area contributed by atoms with Gasteiger partial charge in [0.05, 0.1) is 19.8 Å². The van der Waals surface area contributed by atoms with Gasteiger partial charge in [-0.25, -0.2) is 0 Å². The molecule has 120 valence electrons. The number of rotatable bonds is 5. The van der Waals surface area contributed by atoms with Crippen molar-refractivity contribution in [3.8, 4) is 0 Å². The van der Waals surface area contributed by atoms with E-state index < -0.39 is 0 Å². The molecular weight excluding hydrogens is 270 g/mol. The summed E-state index contributed by atoms with van der Waals surface area (Å²) < 4.78 is 17.1. The van der Waals surface area contributed by atoms with Crippen LogP contribution in [0.2, 0.25) is 0 Å². The minimum Gasteiger partial charge on any atom is -0.476 e. The lowest BCUT2D eigenvalue weighted by Gasteiger charge is -2.30. The lowest BCUT2D eigenvalue weighted by Crippen LogP contribution is -2.28. The van der Waals surface area contributed by atoms with Gasteiger partial charge in [-0.1, -0.05) is 26.8 Å². The van der Waals surface area contributed by atoms with Crippen molar-refractivity contribution in [2.24, 2.45) is 17.6 Å². The maximum absolute atomic E-state index is 9.40. The second-order valence-electron chi connectivity index (χ2n) is 6.17. The van der Waals surface area contributed by atoms with Gasteiger partial charge in [0.2, 0.25) is 0 Å². The molecule has 1 fully saturated rings. The number of ether oxygens (including phenoxy) is 3. The Morgan fingerprint density at radius 2 is 2.10 bits per heavy atom. The first kappa shape index (κ1) is 16.3. The first-order valence-electron chi connectivity index (χ1n) is 7.71. The van der Waals surface area contributed by atoms with Crippen LogP contribution in [-0.4, -0.2) is 37.3 Å². The standard InChI is InChI=1S/C16H27NO4/c1-10(2)14(9-18)15(17)21-13-7-11(3)6-12(8-13)16-19-4-5-20-16/h6,10-11,13,16,18H,4-5,7-9,17H2,1-3H3/b15-14-. The quantitative estimate of drug-likeness (QED) is 0.599. The molecule has 0 saturated carbocycles. The molecule has 1 aliphatic heterocycles. The average Bonchev–Trinajstić information content (AvgIpc) is 2.91. The van der Waals surface area contributed by atoms with Crippen molar-refractivity contribution in [2.45, 2.75) is 46.0 Å². The van der Waals surface area contributed by atoms with Crippen molar-refractivity contribution in [1.29, 1.82) is 0 Å². The van der Waals surface area contributed by atoms with Gasteiger partial charge in [0.1, 0.15) is 6.10 Å². The summed E-state index contributed by atoms with van der Waals surface area (Å²) in [5.41, 5.74) is 7.91. The van der Waals surface area contributed by atoms with E-state index in [1.807, 2.05) is 13.8 Å². The molecule has 0 aromatic carbocycles. The molecule has 3 N–H and O–H groups in total. The summed E-state index contributed by atoms with van der Waals surface area (Å²) in [6.07, 6.45) is 3.66. The number of hydrogen-bond donors (Lipinski definition) is 2. The van der Waals surface area contributed by atoms with Crippen molar-refractivity contribution in [3.63, 3.8) is 0 Å². The van der Waals surface area contributed by atoms with Crippen molar-refractivity contribution in [1.82, 2.24) is 0 Å². The Morgan fingerprint density at radius 3 is 2.67 bits per heavy atom. The molecular formula is C16H27NO4. The van der Waals surface area contributed by atoms with Crippen LogP contribution < -0.4 is 5.73 Å². The van der Waals surface area contributed by atoms with Gasteiger partial charge in [0.25, 0.3) is 0 Å². The smallest absolute Gasteiger partial charge is 0.186 e. The number of aliphatic hydroxyl groups is 1. The molecule has 0 aromatic rings. The number of nitrogens with two attached hydrogens (primary N) is 1. The molecule has 0 radical (unpaired) electrons. The van der Waals surface area contributed by atoms with Crippen LogP contribution in [0.3, 0.4) is 0 Å². The molecule has 2 atom stereocenters. The lowest BCUT2D eigenvalue weighted by molar-refractivity contribution is -0.0232. The van der Waals surface area contributed by atoms with Gasteiger partial charge >= 0.3 is 0 Å². The zero-order chi connectivity index (χ0) is 15.4. The lowest BCUT2D eigenvalue weighted by atomic mass is 9.89. The Kier molecular flexibility index (Phi) is 5.67. The molecule has 0 spiro atoms. The first-order chi connectivity index (χ1) is 10.0. The molecule has 0 amide bonds. The fraction of sp³-hybridized carbons (Fsp3) is 0.750. The van der Waals surface area contributed by atoms with E-state index in [0.717, 1.165) is 24.0 Å². The number of aliphatic hydroxyl groups excluding tert-OH is 1. The largest absolute Gasteiger partial charge is 0.476 e. The normalized spacial score (nSPS) is 28.5. The van der Waals surface area contributed by atoms with Crippen molar-refractivity contribution in [3.05, 3.63) is 23.1 Å². The van der Waals surface area contributed by atoms with Gasteiger partial charge < -0.3 is 25.1 Å². The highest BCUT2D eigenvalue weighted by Gasteiger charge is 2.29. The Balaban J connectivity index is 2.03. The van der Waals surface area contributed by atoms with E-state index in [-0.39, 0.29) is 24.9 Å². The highest BCUT2D eigenvalue weighted by atomic mass is 16.7. The minimum atomic E-state index is -0.230. The Labute approximate surface area is 126 Å². The fourth-order valence-corrected chi connectivity index (χ4v) is 2.90. The van der Waals surface area contributed by atoms with Crippen LogP contribution in [0.25, 0.3) is 0 Å². The van der Waals surface area contributed by atoms with Crippen LogP contribution in [0.5, 0.6) is 0 Å². The van der Waals surface area contributed by atoms with Gasteiger partial charge in [0, 0.05) is 12.0 Å². The van der Waals surface area contributed by atoms with E-state index in [4.69, 9.17) is 19.9 Å². The van der Waals surface area contributed by atoms with E-state index in [1.165, 1.54) is 0 Å². The van der Waals surface area contributed by atoms with Crippen molar-refractivity contribution < 1.29 is 19.3 Å². The highest BCUT2D eigenvalue weighted by Crippen LogP contribution is 2.31. The third-order valence-corrected chi connectivity index (χ3v) is 4.00. The summed E-state index contributed by atoms with van der Waals surface area (Å²) in [6.45, 7) is 7.37. The second kappa shape index (κ2) is 7.29. The summed E-state index contributed by atoms with van der Waals surface area (Å²) in [5, 5.41) is 9.40. The van der Waals surface area contributed by atoms with E-state index in [2.05, 4.69) is 13.0 Å². The first-order valence-corrected chi connectivity index (χ1v) is 7.71. The predicted octanol–water partition coefficient (Wildman–Crippen LogP) is 1.92. The Hall–Kier alpha value is -1.04. The summed E-state index contributed by atoms with van der Waals surface area (Å²) in [7, 11) is 0.